The van der Waals surface area contributed by atoms with Crippen LogP contribution in [0.25, 0.3) is 0 Å². The predicted molar refractivity (Wildman–Crippen MR) is 81.5 cm³/mol. The third-order valence-electron chi connectivity index (χ3n) is 4.23. The van der Waals surface area contributed by atoms with Gasteiger partial charge in [-0.1, -0.05) is 12.5 Å². The van der Waals surface area contributed by atoms with Crippen molar-refractivity contribution in [2.75, 3.05) is 6.61 Å². The maximum atomic E-state index is 11.6. The summed E-state index contributed by atoms with van der Waals surface area (Å²) in [7, 11) is 0. The van der Waals surface area contributed by atoms with E-state index in [4.69, 9.17) is 4.74 Å². The molecule has 0 N–H and O–H groups in total. The Kier molecular flexibility index (Phi) is 4.13. The van der Waals surface area contributed by atoms with E-state index in [1.54, 1.807) is 19.3 Å². The highest BCUT2D eigenvalue weighted by Crippen LogP contribution is 2.44. The van der Waals surface area contributed by atoms with Crippen LogP contribution in [-0.2, 0) is 16.6 Å². The van der Waals surface area contributed by atoms with Gasteiger partial charge in [0.05, 0.1) is 12.2 Å². The van der Waals surface area contributed by atoms with E-state index < -0.39 is 0 Å². The van der Waals surface area contributed by atoms with E-state index in [9.17, 15) is 4.79 Å². The van der Waals surface area contributed by atoms with E-state index in [1.807, 2.05) is 18.3 Å². The highest BCUT2D eigenvalue weighted by Gasteiger charge is 2.40. The molecule has 5 heteroatoms. The molecule has 3 rings (SSSR count). The number of hydrogen-bond acceptors (Lipinski definition) is 5. The first-order valence-electron chi connectivity index (χ1n) is 7.63. The molecule has 0 bridgehead atoms. The molecule has 2 heterocycles. The molecular weight excluding hydrogens is 278 g/mol. The van der Waals surface area contributed by atoms with Gasteiger partial charge in [-0.3, -0.25) is 4.98 Å². The number of ether oxygens (including phenoxy) is 1. The van der Waals surface area contributed by atoms with Crippen LogP contribution in [-0.4, -0.2) is 27.5 Å². The topological polar surface area (TPSA) is 65.0 Å². The van der Waals surface area contributed by atoms with Crippen LogP contribution in [0.15, 0.2) is 36.8 Å². The smallest absolute Gasteiger partial charge is 0.341 e. The molecule has 0 amide bonds. The third kappa shape index (κ3) is 2.84. The summed E-state index contributed by atoms with van der Waals surface area (Å²) in [4.78, 5) is 24.8. The van der Waals surface area contributed by atoms with Crippen LogP contribution in [0.4, 0.5) is 0 Å². The van der Waals surface area contributed by atoms with Gasteiger partial charge in [-0.05, 0) is 31.9 Å². The maximum absolute atomic E-state index is 11.6. The Bertz CT molecular complexity index is 637. The van der Waals surface area contributed by atoms with Crippen LogP contribution in [0.1, 0.15) is 48.1 Å². The molecule has 0 saturated heterocycles. The molecule has 1 aliphatic rings. The lowest BCUT2D eigenvalue weighted by Gasteiger charge is -2.41. The average molecular weight is 297 g/mol. The normalized spacial score (nSPS) is 15.9. The van der Waals surface area contributed by atoms with Crippen molar-refractivity contribution in [2.24, 2.45) is 0 Å². The molecule has 1 saturated carbocycles. The Labute approximate surface area is 129 Å². The van der Waals surface area contributed by atoms with Crippen LogP contribution < -0.4 is 0 Å². The molecule has 1 aliphatic carbocycles. The van der Waals surface area contributed by atoms with Crippen molar-refractivity contribution in [3.05, 3.63) is 53.9 Å². The third-order valence-corrected chi connectivity index (χ3v) is 4.23. The number of carbonyl (C=O) groups is 1. The fourth-order valence-corrected chi connectivity index (χ4v) is 2.87. The molecule has 5 nitrogen and oxygen atoms in total. The van der Waals surface area contributed by atoms with Crippen molar-refractivity contribution < 1.29 is 9.53 Å². The van der Waals surface area contributed by atoms with Gasteiger partial charge in [-0.25, -0.2) is 14.8 Å². The van der Waals surface area contributed by atoms with E-state index in [2.05, 4.69) is 21.0 Å². The van der Waals surface area contributed by atoms with Crippen LogP contribution in [0, 0.1) is 0 Å². The largest absolute Gasteiger partial charge is 0.462 e. The van der Waals surface area contributed by atoms with E-state index in [0.717, 1.165) is 30.8 Å². The van der Waals surface area contributed by atoms with Crippen molar-refractivity contribution in [1.82, 2.24) is 15.0 Å². The zero-order valence-electron chi connectivity index (χ0n) is 12.7. The summed E-state index contributed by atoms with van der Waals surface area (Å²) in [6, 6.07) is 6.03. The lowest BCUT2D eigenvalue weighted by molar-refractivity contribution is 0.0525. The quantitative estimate of drug-likeness (QED) is 0.794. The summed E-state index contributed by atoms with van der Waals surface area (Å²) in [5.41, 5.74) is 1.55. The Hall–Kier alpha value is -2.30. The number of carbonyl (C=O) groups excluding carboxylic acids is 1. The highest BCUT2D eigenvalue weighted by atomic mass is 16.5. The zero-order valence-corrected chi connectivity index (χ0v) is 12.7. The Balaban J connectivity index is 1.76. The van der Waals surface area contributed by atoms with Crippen molar-refractivity contribution in [1.29, 1.82) is 0 Å². The molecule has 2 aromatic rings. The van der Waals surface area contributed by atoms with Crippen LogP contribution in [0.3, 0.4) is 0 Å². The van der Waals surface area contributed by atoms with Crippen molar-refractivity contribution in [2.45, 2.75) is 38.0 Å². The molecule has 114 valence electrons. The summed E-state index contributed by atoms with van der Waals surface area (Å²) >= 11 is 0. The molecule has 0 spiro atoms. The highest BCUT2D eigenvalue weighted by molar-refractivity contribution is 5.88. The van der Waals surface area contributed by atoms with E-state index in [1.165, 1.54) is 6.42 Å². The van der Waals surface area contributed by atoms with E-state index in [-0.39, 0.29) is 11.4 Å². The van der Waals surface area contributed by atoms with Gasteiger partial charge in [-0.2, -0.15) is 0 Å². The van der Waals surface area contributed by atoms with Gasteiger partial charge < -0.3 is 4.74 Å². The lowest BCUT2D eigenvalue weighted by atomic mass is 9.64. The zero-order chi connectivity index (χ0) is 15.4. The number of nitrogens with zero attached hydrogens (tertiary/aromatic N) is 3. The Morgan fingerprint density at radius 3 is 2.55 bits per heavy atom. The Morgan fingerprint density at radius 1 is 1.23 bits per heavy atom. The molecule has 0 aromatic carbocycles. The second kappa shape index (κ2) is 6.22. The van der Waals surface area contributed by atoms with Gasteiger partial charge in [0.1, 0.15) is 5.82 Å². The lowest BCUT2D eigenvalue weighted by Crippen LogP contribution is -2.38. The standard InChI is InChI=1S/C17H19N3O2/c1-2-22-16(21)13-11-19-15(20-12-13)10-17(7-5-8-17)14-6-3-4-9-18-14/h3-4,6,9,11-12H,2,5,7-8,10H2,1H3. The molecule has 1 fully saturated rings. The van der Waals surface area contributed by atoms with Crippen molar-refractivity contribution in [3.63, 3.8) is 0 Å². The minimum Gasteiger partial charge on any atom is -0.462 e. The first kappa shape index (κ1) is 14.6. The number of pyridine rings is 1. The minimum atomic E-state index is -0.378. The minimum absolute atomic E-state index is 0.0483. The van der Waals surface area contributed by atoms with Gasteiger partial charge in [0.2, 0.25) is 0 Å². The second-order valence-corrected chi connectivity index (χ2v) is 5.63. The van der Waals surface area contributed by atoms with E-state index in [0.29, 0.717) is 12.2 Å². The summed E-state index contributed by atoms with van der Waals surface area (Å²) in [5.74, 6) is 0.371. The van der Waals surface area contributed by atoms with Gasteiger partial charge >= 0.3 is 5.97 Å². The van der Waals surface area contributed by atoms with Gasteiger partial charge in [0.15, 0.2) is 0 Å². The molecule has 0 unspecified atom stereocenters. The fourth-order valence-electron chi connectivity index (χ4n) is 2.87. The van der Waals surface area contributed by atoms with Gasteiger partial charge in [0.25, 0.3) is 0 Å². The van der Waals surface area contributed by atoms with Crippen LogP contribution in [0.5, 0.6) is 0 Å². The first-order chi connectivity index (χ1) is 10.7. The summed E-state index contributed by atoms with van der Waals surface area (Å²) < 4.78 is 4.94. The fraction of sp³-hybridized carbons (Fsp3) is 0.412. The maximum Gasteiger partial charge on any atom is 0.341 e. The van der Waals surface area contributed by atoms with E-state index >= 15 is 0 Å². The number of esters is 1. The summed E-state index contributed by atoms with van der Waals surface area (Å²) in [5, 5.41) is 0. The molecule has 0 atom stereocenters. The SMILES string of the molecule is CCOC(=O)c1cnc(CC2(c3ccccn3)CCC2)nc1. The first-order valence-corrected chi connectivity index (χ1v) is 7.63. The molecular formula is C17H19N3O2. The number of hydrogen-bond donors (Lipinski definition) is 0. The molecule has 0 radical (unpaired) electrons. The molecule has 22 heavy (non-hydrogen) atoms. The average Bonchev–Trinajstić information content (AvgIpc) is 2.52. The van der Waals surface area contributed by atoms with Gasteiger partial charge in [-0.15, -0.1) is 0 Å². The van der Waals surface area contributed by atoms with Crippen molar-refractivity contribution >= 4 is 5.97 Å². The monoisotopic (exact) mass is 297 g/mol. The Morgan fingerprint density at radius 2 is 2.00 bits per heavy atom. The number of rotatable bonds is 5. The molecule has 0 aliphatic heterocycles. The predicted octanol–water partition coefficient (Wildman–Crippen LogP) is 2.71. The van der Waals surface area contributed by atoms with Crippen LogP contribution >= 0.6 is 0 Å². The molecule has 2 aromatic heterocycles. The van der Waals surface area contributed by atoms with Crippen LogP contribution in [0.2, 0.25) is 0 Å². The summed E-state index contributed by atoms with van der Waals surface area (Å²) in [6.45, 7) is 2.13. The second-order valence-electron chi connectivity index (χ2n) is 5.63. The van der Waals surface area contributed by atoms with Gasteiger partial charge in [0, 0.05) is 36.1 Å². The van der Waals surface area contributed by atoms with Crippen molar-refractivity contribution in [3.8, 4) is 0 Å². The summed E-state index contributed by atoms with van der Waals surface area (Å²) in [6.07, 6.45) is 9.10. The number of aromatic nitrogens is 3.